The molecule has 6 unspecified atom stereocenters. The fourth-order valence-electron chi connectivity index (χ4n) is 11.8. The van der Waals surface area contributed by atoms with Crippen LogP contribution in [0.1, 0.15) is 151 Å². The van der Waals surface area contributed by atoms with Crippen LogP contribution in [0.25, 0.3) is 0 Å². The van der Waals surface area contributed by atoms with Gasteiger partial charge >= 0.3 is 16.1 Å². The summed E-state index contributed by atoms with van der Waals surface area (Å²) in [5, 5.41) is 0. The summed E-state index contributed by atoms with van der Waals surface area (Å²) in [4.78, 5) is 27.4. The summed E-state index contributed by atoms with van der Waals surface area (Å²) in [5.74, 6) is -17.6. The predicted octanol–water partition coefficient (Wildman–Crippen LogP) is 8.81. The van der Waals surface area contributed by atoms with Crippen LogP contribution < -0.4 is 4.74 Å². The first-order chi connectivity index (χ1) is 27.5. The van der Waals surface area contributed by atoms with E-state index in [0.717, 1.165) is 101 Å². The molecule has 5 saturated carbocycles. The third-order valence-electron chi connectivity index (χ3n) is 14.2. The Bertz CT molecular complexity index is 2130. The highest BCUT2D eigenvalue weighted by atomic mass is 32.2. The lowest BCUT2D eigenvalue weighted by molar-refractivity contribution is -0.147. The quantitative estimate of drug-likeness (QED) is 0.0619. The van der Waals surface area contributed by atoms with Gasteiger partial charge in [-0.2, -0.15) is 25.6 Å². The van der Waals surface area contributed by atoms with Crippen molar-refractivity contribution in [2.75, 3.05) is 0 Å². The Hall–Kier alpha value is -3.08. The molecule has 1 N–H and O–H groups in total. The van der Waals surface area contributed by atoms with E-state index in [9.17, 15) is 31.3 Å². The fraction of sp³-hybridized carbons (Fsp3) is 0.667. The number of benzene rings is 2. The second kappa shape index (κ2) is 15.7. The molecule has 0 radical (unpaired) electrons. The SMILES string of the molecule is CC(C)N1C(=O)C2C3CC(C(OS(=O)(=O)c4c(C5CCCCC5)cc(C5CCCCC5)cc4C4CCCCC4)C31)C2C(=O)Oc1c(F)c(F)c(S(=O)(=O)O)c(F)c1F. The van der Waals surface area contributed by atoms with Gasteiger partial charge in [0, 0.05) is 12.0 Å². The van der Waals surface area contributed by atoms with E-state index in [0.29, 0.717) is 5.92 Å². The number of nitrogens with zero attached hydrogens (tertiary/aromatic N) is 1. The normalized spacial score (nSPS) is 28.6. The zero-order chi connectivity index (χ0) is 41.4. The lowest BCUT2D eigenvalue weighted by atomic mass is 9.76. The molecule has 2 aromatic carbocycles. The molecule has 1 saturated heterocycles. The average Bonchev–Trinajstić information content (AvgIpc) is 3.82. The first-order valence-corrected chi connectivity index (χ1v) is 23.8. The highest BCUT2D eigenvalue weighted by Crippen LogP contribution is 2.61. The molecule has 5 aliphatic carbocycles. The van der Waals surface area contributed by atoms with Gasteiger partial charge in [-0.3, -0.25) is 18.3 Å². The van der Waals surface area contributed by atoms with E-state index in [4.69, 9.17) is 8.92 Å². The minimum atomic E-state index is -5.78. The van der Waals surface area contributed by atoms with Crippen LogP contribution in [-0.4, -0.2) is 56.4 Å². The van der Waals surface area contributed by atoms with Gasteiger partial charge < -0.3 is 9.64 Å². The Morgan fingerprint density at radius 2 is 1.21 bits per heavy atom. The Balaban J connectivity index is 1.20. The predicted molar refractivity (Wildman–Crippen MR) is 202 cm³/mol. The fourth-order valence-corrected chi connectivity index (χ4v) is 14.1. The van der Waals surface area contributed by atoms with Crippen molar-refractivity contribution in [1.82, 2.24) is 4.90 Å². The van der Waals surface area contributed by atoms with Crippen molar-refractivity contribution in [3.63, 3.8) is 0 Å². The van der Waals surface area contributed by atoms with E-state index < -0.39 is 108 Å². The first kappa shape index (κ1) is 41.6. The minimum Gasteiger partial charge on any atom is -0.420 e. The summed E-state index contributed by atoms with van der Waals surface area (Å²) >= 11 is 0. The Labute approximate surface area is 337 Å². The van der Waals surface area contributed by atoms with Gasteiger partial charge in [-0.25, -0.2) is 8.78 Å². The maximum atomic E-state index is 15.3. The maximum Gasteiger partial charge on any atom is 0.315 e. The third kappa shape index (κ3) is 7.08. The number of carbonyl (C=O) groups is 2. The molecule has 6 atom stereocenters. The Morgan fingerprint density at radius 3 is 1.67 bits per heavy atom. The maximum absolute atomic E-state index is 15.3. The van der Waals surface area contributed by atoms with Crippen LogP contribution in [0.5, 0.6) is 5.75 Å². The van der Waals surface area contributed by atoms with E-state index in [2.05, 4.69) is 12.1 Å². The number of hydrogen-bond acceptors (Lipinski definition) is 8. The molecule has 1 aliphatic heterocycles. The number of halogens is 4. The van der Waals surface area contributed by atoms with Crippen LogP contribution in [0.2, 0.25) is 0 Å². The summed E-state index contributed by atoms with van der Waals surface area (Å²) in [5.41, 5.74) is 2.72. The minimum absolute atomic E-state index is 0.00171. The van der Waals surface area contributed by atoms with E-state index in [1.165, 1.54) is 16.9 Å². The van der Waals surface area contributed by atoms with E-state index in [1.807, 2.05) is 0 Å². The molecule has 58 heavy (non-hydrogen) atoms. The number of amides is 1. The molecule has 2 bridgehead atoms. The lowest BCUT2D eigenvalue weighted by Gasteiger charge is -2.36. The molecule has 2 aromatic rings. The first-order valence-electron chi connectivity index (χ1n) is 21.0. The van der Waals surface area contributed by atoms with Gasteiger partial charge in [0.15, 0.2) is 16.5 Å². The van der Waals surface area contributed by atoms with Gasteiger partial charge in [0.2, 0.25) is 23.3 Å². The second-order valence-corrected chi connectivity index (χ2v) is 20.7. The van der Waals surface area contributed by atoms with Gasteiger partial charge in [0.05, 0.1) is 17.9 Å². The number of fused-ring (bicyclic) bond motifs is 1. The van der Waals surface area contributed by atoms with Crippen molar-refractivity contribution in [2.45, 2.75) is 162 Å². The molecular formula is C42H51F4NO9S2. The number of hydrogen-bond donors (Lipinski definition) is 1. The Kier molecular flexibility index (Phi) is 11.3. The smallest absolute Gasteiger partial charge is 0.315 e. The lowest BCUT2D eigenvalue weighted by Crippen LogP contribution is -2.49. The number of carbonyl (C=O) groups excluding carboxylic acids is 2. The van der Waals surface area contributed by atoms with Crippen molar-refractivity contribution in [2.24, 2.45) is 23.7 Å². The average molecular weight is 854 g/mol. The molecule has 1 heterocycles. The van der Waals surface area contributed by atoms with Crippen LogP contribution in [0, 0.1) is 46.9 Å². The van der Waals surface area contributed by atoms with E-state index >= 15 is 17.2 Å². The summed E-state index contributed by atoms with van der Waals surface area (Å²) in [6.07, 6.45) is 13.7. The zero-order valence-corrected chi connectivity index (χ0v) is 34.4. The number of ether oxygens (including phenoxy) is 1. The van der Waals surface area contributed by atoms with Crippen LogP contribution >= 0.6 is 0 Å². The van der Waals surface area contributed by atoms with E-state index in [-0.39, 0.29) is 23.2 Å². The summed E-state index contributed by atoms with van der Waals surface area (Å²) < 4.78 is 134. The molecule has 6 fully saturated rings. The highest BCUT2D eigenvalue weighted by Gasteiger charge is 2.71. The molecule has 16 heteroatoms. The van der Waals surface area contributed by atoms with E-state index in [1.54, 1.807) is 13.8 Å². The number of rotatable bonds is 10. The topological polar surface area (TPSA) is 144 Å². The third-order valence-corrected chi connectivity index (χ3v) is 16.5. The largest absolute Gasteiger partial charge is 0.420 e. The molecule has 0 spiro atoms. The number of esters is 1. The van der Waals surface area contributed by atoms with Crippen molar-refractivity contribution >= 4 is 32.1 Å². The van der Waals surface area contributed by atoms with Crippen LogP contribution in [-0.2, 0) is 34.0 Å². The standard InChI is InChI=1S/C42H51F4NO9S2/c1-21(2)47-36-28-20-29(31(30(28)41(47)48)42(49)55-38-32(43)34(45)40(57(50,51)52)35(46)33(38)44)37(36)56-58(53,54)39-26(23-14-8-4-9-15-23)18-25(22-12-6-3-7-13-22)19-27(39)24-16-10-5-11-17-24/h18-19,21-24,28-31,36-37H,3-17,20H2,1-2H3,(H,50,51,52). The summed E-state index contributed by atoms with van der Waals surface area (Å²) in [7, 11) is -10.4. The molecule has 6 aliphatic rings. The van der Waals surface area contributed by atoms with Gasteiger partial charge in [0.1, 0.15) is 11.0 Å². The van der Waals surface area contributed by atoms with Crippen LogP contribution in [0.4, 0.5) is 17.6 Å². The molecule has 8 rings (SSSR count). The molecule has 0 aromatic heterocycles. The Morgan fingerprint density at radius 1 is 0.724 bits per heavy atom. The second-order valence-electron chi connectivity index (χ2n) is 17.8. The molecular weight excluding hydrogens is 803 g/mol. The number of likely N-dealkylation sites (tertiary alicyclic amines) is 1. The van der Waals surface area contributed by atoms with Crippen molar-refractivity contribution in [3.8, 4) is 5.75 Å². The van der Waals surface area contributed by atoms with Crippen LogP contribution in [0.3, 0.4) is 0 Å². The molecule has 318 valence electrons. The van der Waals surface area contributed by atoms with Crippen molar-refractivity contribution in [3.05, 3.63) is 52.1 Å². The zero-order valence-electron chi connectivity index (χ0n) is 32.7. The molecule has 10 nitrogen and oxygen atoms in total. The highest BCUT2D eigenvalue weighted by molar-refractivity contribution is 7.87. The van der Waals surface area contributed by atoms with Gasteiger partial charge in [-0.15, -0.1) is 0 Å². The van der Waals surface area contributed by atoms with Gasteiger partial charge in [-0.05, 0) is 99.2 Å². The van der Waals surface area contributed by atoms with Crippen LogP contribution in [0.15, 0.2) is 21.9 Å². The van der Waals surface area contributed by atoms with Gasteiger partial charge in [-0.1, -0.05) is 69.9 Å². The van der Waals surface area contributed by atoms with Crippen molar-refractivity contribution < 1.29 is 57.5 Å². The molecule has 1 amide bonds. The van der Waals surface area contributed by atoms with Gasteiger partial charge in [0.25, 0.3) is 10.1 Å². The van der Waals surface area contributed by atoms with Crippen molar-refractivity contribution in [1.29, 1.82) is 0 Å². The monoisotopic (exact) mass is 853 g/mol. The summed E-state index contributed by atoms with van der Waals surface area (Å²) in [6.45, 7) is 3.49. The summed E-state index contributed by atoms with van der Waals surface area (Å²) in [6, 6.07) is 3.01.